The number of carbonyl (C=O) groups is 2. The van der Waals surface area contributed by atoms with Crippen LogP contribution in [0.15, 0.2) is 0 Å². The van der Waals surface area contributed by atoms with Gasteiger partial charge < -0.3 is 9.57 Å². The summed E-state index contributed by atoms with van der Waals surface area (Å²) in [5.41, 5.74) is 0.321. The molecule has 0 aromatic carbocycles. The molecule has 0 saturated carbocycles. The first-order valence-corrected chi connectivity index (χ1v) is 3.79. The molecule has 15 heavy (non-hydrogen) atoms. The van der Waals surface area contributed by atoms with E-state index in [2.05, 4.69) is 9.57 Å². The van der Waals surface area contributed by atoms with E-state index < -0.39 is 23.8 Å². The number of alkyl halides is 3. The van der Waals surface area contributed by atoms with Crippen molar-refractivity contribution in [2.75, 3.05) is 0 Å². The molecule has 0 bridgehead atoms. The summed E-state index contributed by atoms with van der Waals surface area (Å²) in [5.74, 6) is -2.52. The Bertz CT molecular complexity index is 256. The van der Waals surface area contributed by atoms with E-state index in [0.717, 1.165) is 0 Å². The molecule has 0 aromatic rings. The molecule has 0 rings (SSSR count). The summed E-state index contributed by atoms with van der Waals surface area (Å²) in [6.45, 7) is 4.49. The van der Waals surface area contributed by atoms with Crippen LogP contribution in [0.4, 0.5) is 18.0 Å². The molecule has 0 atom stereocenters. The van der Waals surface area contributed by atoms with Gasteiger partial charge >= 0.3 is 18.2 Å². The number of rotatable bonds is 0. The summed E-state index contributed by atoms with van der Waals surface area (Å²) in [6.07, 6.45) is -6.44. The van der Waals surface area contributed by atoms with Crippen molar-refractivity contribution in [2.24, 2.45) is 0 Å². The van der Waals surface area contributed by atoms with Gasteiger partial charge in [-0.05, 0) is 20.8 Å². The van der Waals surface area contributed by atoms with Gasteiger partial charge in [-0.15, -0.1) is 5.48 Å². The second-order valence-corrected chi connectivity index (χ2v) is 3.49. The Morgan fingerprint density at radius 3 is 1.93 bits per heavy atom. The van der Waals surface area contributed by atoms with Crippen LogP contribution in [0.1, 0.15) is 20.8 Å². The lowest BCUT2D eigenvalue weighted by molar-refractivity contribution is -0.205. The van der Waals surface area contributed by atoms with Crippen molar-refractivity contribution in [1.82, 2.24) is 5.48 Å². The molecule has 0 unspecified atom stereocenters. The topological polar surface area (TPSA) is 64.6 Å². The molecule has 0 aliphatic carbocycles. The van der Waals surface area contributed by atoms with E-state index >= 15 is 0 Å². The number of hydroxylamine groups is 1. The molecule has 0 spiro atoms. The molecule has 8 heteroatoms. The first kappa shape index (κ1) is 13.5. The third kappa shape index (κ3) is 6.58. The largest absolute Gasteiger partial charge is 0.493 e. The summed E-state index contributed by atoms with van der Waals surface area (Å²) in [6, 6.07) is 0. The van der Waals surface area contributed by atoms with E-state index in [9.17, 15) is 22.8 Å². The summed E-state index contributed by atoms with van der Waals surface area (Å²) in [4.78, 5) is 24.3. The summed E-state index contributed by atoms with van der Waals surface area (Å²) in [7, 11) is 0. The number of ether oxygens (including phenoxy) is 1. The van der Waals surface area contributed by atoms with Gasteiger partial charge in [-0.25, -0.2) is 9.59 Å². The number of nitrogens with one attached hydrogen (secondary N) is 1. The Morgan fingerprint density at radius 2 is 1.60 bits per heavy atom. The number of halogens is 3. The zero-order chi connectivity index (χ0) is 12.3. The highest BCUT2D eigenvalue weighted by Crippen LogP contribution is 2.15. The molecule has 0 aromatic heterocycles. The Kier molecular flexibility index (Phi) is 3.94. The van der Waals surface area contributed by atoms with Crippen molar-refractivity contribution in [2.45, 2.75) is 32.5 Å². The lowest BCUT2D eigenvalue weighted by Crippen LogP contribution is -2.37. The summed E-state index contributed by atoms with van der Waals surface area (Å²) >= 11 is 0. The SMILES string of the molecule is CC(C)(C)OC(=O)NOC(=O)C(F)(F)F. The van der Waals surface area contributed by atoms with Crippen molar-refractivity contribution >= 4 is 12.1 Å². The second kappa shape index (κ2) is 4.37. The summed E-state index contributed by atoms with van der Waals surface area (Å²) in [5, 5.41) is 0. The predicted molar refractivity (Wildman–Crippen MR) is 41.5 cm³/mol. The minimum Gasteiger partial charge on any atom is -0.442 e. The lowest BCUT2D eigenvalue weighted by Gasteiger charge is -2.19. The zero-order valence-corrected chi connectivity index (χ0v) is 8.27. The standard InChI is InChI=1S/C7H10F3NO4/c1-6(2,3)14-5(13)11-15-4(12)7(8,9)10/h1-3H3,(H,11,13). The first-order valence-electron chi connectivity index (χ1n) is 3.79. The molecule has 0 aliphatic heterocycles. The summed E-state index contributed by atoms with van der Waals surface area (Å²) < 4.78 is 39.2. The molecule has 0 saturated heterocycles. The maximum absolute atomic E-state index is 11.6. The molecule has 0 fully saturated rings. The van der Waals surface area contributed by atoms with Crippen LogP contribution in [-0.2, 0) is 14.4 Å². The van der Waals surface area contributed by atoms with Gasteiger partial charge in [-0.3, -0.25) is 0 Å². The maximum Gasteiger partial charge on any atom is 0.493 e. The van der Waals surface area contributed by atoms with E-state index in [1.807, 2.05) is 0 Å². The predicted octanol–water partition coefficient (Wildman–Crippen LogP) is 1.53. The van der Waals surface area contributed by atoms with Crippen molar-refractivity contribution in [3.05, 3.63) is 0 Å². The molecule has 0 radical (unpaired) electrons. The van der Waals surface area contributed by atoms with Gasteiger partial charge in [0.25, 0.3) is 0 Å². The van der Waals surface area contributed by atoms with Gasteiger partial charge in [0.15, 0.2) is 0 Å². The third-order valence-corrected chi connectivity index (χ3v) is 0.857. The first-order chi connectivity index (χ1) is 6.52. The Balaban J connectivity index is 3.98. The lowest BCUT2D eigenvalue weighted by atomic mass is 10.2. The number of hydrogen-bond donors (Lipinski definition) is 1. The van der Waals surface area contributed by atoms with Crippen molar-refractivity contribution in [3.63, 3.8) is 0 Å². The van der Waals surface area contributed by atoms with Crippen molar-refractivity contribution < 1.29 is 32.3 Å². The highest BCUT2D eigenvalue weighted by atomic mass is 19.4. The van der Waals surface area contributed by atoms with Gasteiger partial charge in [0, 0.05) is 0 Å². The van der Waals surface area contributed by atoms with Crippen LogP contribution in [0.3, 0.4) is 0 Å². The zero-order valence-electron chi connectivity index (χ0n) is 8.27. The van der Waals surface area contributed by atoms with Crippen LogP contribution in [0.25, 0.3) is 0 Å². The Labute approximate surface area is 83.5 Å². The highest BCUT2D eigenvalue weighted by Gasteiger charge is 2.42. The van der Waals surface area contributed by atoms with Gasteiger partial charge in [0.1, 0.15) is 5.60 Å². The number of hydrogen-bond acceptors (Lipinski definition) is 4. The van der Waals surface area contributed by atoms with Gasteiger partial charge in [-0.1, -0.05) is 0 Å². The van der Waals surface area contributed by atoms with Crippen LogP contribution < -0.4 is 5.48 Å². The fourth-order valence-electron chi connectivity index (χ4n) is 0.445. The van der Waals surface area contributed by atoms with E-state index in [1.165, 1.54) is 26.3 Å². The Hall–Kier alpha value is -1.47. The number of carbonyl (C=O) groups excluding carboxylic acids is 2. The quantitative estimate of drug-likeness (QED) is 0.640. The van der Waals surface area contributed by atoms with Crippen LogP contribution in [0, 0.1) is 0 Å². The fraction of sp³-hybridized carbons (Fsp3) is 0.714. The van der Waals surface area contributed by atoms with E-state index in [0.29, 0.717) is 0 Å². The minimum absolute atomic E-state index is 0.894. The molecule has 0 aliphatic rings. The molecule has 1 amide bonds. The van der Waals surface area contributed by atoms with E-state index in [1.54, 1.807) is 0 Å². The van der Waals surface area contributed by atoms with Gasteiger partial charge in [0.2, 0.25) is 0 Å². The molecule has 1 N–H and O–H groups in total. The molecule has 88 valence electrons. The molecular formula is C7H10F3NO4. The van der Waals surface area contributed by atoms with E-state index in [4.69, 9.17) is 0 Å². The second-order valence-electron chi connectivity index (χ2n) is 3.49. The average Bonchev–Trinajstić information content (AvgIpc) is 1.94. The smallest absolute Gasteiger partial charge is 0.442 e. The molecule has 0 heterocycles. The van der Waals surface area contributed by atoms with Crippen LogP contribution in [0.5, 0.6) is 0 Å². The van der Waals surface area contributed by atoms with Crippen LogP contribution in [0.2, 0.25) is 0 Å². The van der Waals surface area contributed by atoms with Gasteiger partial charge in [-0.2, -0.15) is 13.2 Å². The van der Waals surface area contributed by atoms with Gasteiger partial charge in [0.05, 0.1) is 0 Å². The fourth-order valence-corrected chi connectivity index (χ4v) is 0.445. The molecule has 5 nitrogen and oxygen atoms in total. The van der Waals surface area contributed by atoms with E-state index in [-0.39, 0.29) is 0 Å². The average molecular weight is 229 g/mol. The number of amides is 1. The van der Waals surface area contributed by atoms with Crippen molar-refractivity contribution in [3.8, 4) is 0 Å². The maximum atomic E-state index is 11.6. The highest BCUT2D eigenvalue weighted by molar-refractivity contribution is 5.77. The Morgan fingerprint density at radius 1 is 1.13 bits per heavy atom. The van der Waals surface area contributed by atoms with Crippen LogP contribution in [-0.4, -0.2) is 23.8 Å². The van der Waals surface area contributed by atoms with Crippen molar-refractivity contribution in [1.29, 1.82) is 0 Å². The third-order valence-electron chi connectivity index (χ3n) is 0.857. The normalized spacial score (nSPS) is 11.9. The van der Waals surface area contributed by atoms with Crippen LogP contribution >= 0.6 is 0 Å². The minimum atomic E-state index is -5.16. The molecular weight excluding hydrogens is 219 g/mol. The monoisotopic (exact) mass is 229 g/mol.